The molecular formula is C19H20BrFN2O2. The van der Waals surface area contributed by atoms with E-state index in [9.17, 15) is 9.18 Å². The Labute approximate surface area is 155 Å². The summed E-state index contributed by atoms with van der Waals surface area (Å²) in [5, 5.41) is 2.94. The van der Waals surface area contributed by atoms with Crippen molar-refractivity contribution in [2.75, 3.05) is 32.8 Å². The van der Waals surface area contributed by atoms with Crippen molar-refractivity contribution < 1.29 is 13.9 Å². The first-order valence-electron chi connectivity index (χ1n) is 8.24. The molecule has 1 amide bonds. The van der Waals surface area contributed by atoms with Gasteiger partial charge in [0, 0.05) is 29.7 Å². The number of hydrogen-bond acceptors (Lipinski definition) is 3. The van der Waals surface area contributed by atoms with E-state index >= 15 is 0 Å². The fourth-order valence-corrected chi connectivity index (χ4v) is 3.46. The van der Waals surface area contributed by atoms with E-state index in [1.807, 2.05) is 18.2 Å². The summed E-state index contributed by atoms with van der Waals surface area (Å²) >= 11 is 3.22. The maximum Gasteiger partial charge on any atom is 0.251 e. The average molecular weight is 407 g/mol. The lowest BCUT2D eigenvalue weighted by Crippen LogP contribution is -2.43. The first-order valence-corrected chi connectivity index (χ1v) is 9.04. The number of nitrogens with zero attached hydrogens (tertiary/aromatic N) is 1. The van der Waals surface area contributed by atoms with Gasteiger partial charge < -0.3 is 10.1 Å². The molecule has 1 fully saturated rings. The second-order valence-corrected chi connectivity index (χ2v) is 6.86. The fourth-order valence-electron chi connectivity index (χ4n) is 3.00. The highest BCUT2D eigenvalue weighted by atomic mass is 79.9. The molecule has 1 aliphatic rings. The molecule has 3 rings (SSSR count). The van der Waals surface area contributed by atoms with Crippen LogP contribution >= 0.6 is 15.9 Å². The van der Waals surface area contributed by atoms with Crippen molar-refractivity contribution in [3.63, 3.8) is 0 Å². The molecule has 0 radical (unpaired) electrons. The molecule has 2 aromatic rings. The highest BCUT2D eigenvalue weighted by molar-refractivity contribution is 9.10. The molecule has 2 aromatic carbocycles. The number of morpholine rings is 1. The lowest BCUT2D eigenvalue weighted by atomic mass is 10.0. The van der Waals surface area contributed by atoms with E-state index in [1.165, 1.54) is 12.1 Å². The molecule has 1 N–H and O–H groups in total. The normalized spacial score (nSPS) is 16.4. The first kappa shape index (κ1) is 18.0. The number of benzene rings is 2. The highest BCUT2D eigenvalue weighted by Gasteiger charge is 2.23. The predicted octanol–water partition coefficient (Wildman–Crippen LogP) is 3.39. The summed E-state index contributed by atoms with van der Waals surface area (Å²) in [5.41, 5.74) is 1.45. The van der Waals surface area contributed by atoms with Crippen molar-refractivity contribution >= 4 is 21.8 Å². The van der Waals surface area contributed by atoms with E-state index in [-0.39, 0.29) is 11.9 Å². The van der Waals surface area contributed by atoms with Crippen LogP contribution in [0.3, 0.4) is 0 Å². The Hall–Kier alpha value is -1.76. The van der Waals surface area contributed by atoms with Crippen molar-refractivity contribution in [1.29, 1.82) is 0 Å². The van der Waals surface area contributed by atoms with Gasteiger partial charge >= 0.3 is 0 Å². The van der Waals surface area contributed by atoms with Gasteiger partial charge in [-0.3, -0.25) is 9.69 Å². The Balaban J connectivity index is 1.72. The topological polar surface area (TPSA) is 41.6 Å². The van der Waals surface area contributed by atoms with E-state index in [0.717, 1.165) is 18.7 Å². The van der Waals surface area contributed by atoms with Crippen LogP contribution in [0.2, 0.25) is 0 Å². The molecule has 0 saturated carbocycles. The molecule has 132 valence electrons. The number of rotatable bonds is 5. The standard InChI is InChI=1S/C19H20BrFN2O2/c20-16-10-15(11-17(21)12-16)19(24)22-13-18(14-4-2-1-3-5-14)23-6-8-25-9-7-23/h1-5,10-12,18H,6-9,13H2,(H,22,24). The molecule has 0 aliphatic carbocycles. The van der Waals surface area contributed by atoms with Gasteiger partial charge in [0.25, 0.3) is 5.91 Å². The van der Waals surface area contributed by atoms with Crippen molar-refractivity contribution in [2.24, 2.45) is 0 Å². The van der Waals surface area contributed by atoms with Crippen LogP contribution in [0.25, 0.3) is 0 Å². The molecule has 1 saturated heterocycles. The molecule has 0 aromatic heterocycles. The summed E-state index contributed by atoms with van der Waals surface area (Å²) in [5.74, 6) is -0.721. The quantitative estimate of drug-likeness (QED) is 0.827. The summed E-state index contributed by atoms with van der Waals surface area (Å²) in [4.78, 5) is 14.7. The van der Waals surface area contributed by atoms with Crippen LogP contribution in [0.1, 0.15) is 22.0 Å². The number of carbonyl (C=O) groups excluding carboxylic acids is 1. The van der Waals surface area contributed by atoms with Gasteiger partial charge in [-0.1, -0.05) is 46.3 Å². The molecule has 1 aliphatic heterocycles. The van der Waals surface area contributed by atoms with Crippen molar-refractivity contribution in [1.82, 2.24) is 10.2 Å². The second-order valence-electron chi connectivity index (χ2n) is 5.94. The number of nitrogens with one attached hydrogen (secondary N) is 1. The van der Waals surface area contributed by atoms with Crippen LogP contribution in [0.15, 0.2) is 53.0 Å². The maximum absolute atomic E-state index is 13.5. The van der Waals surface area contributed by atoms with E-state index in [2.05, 4.69) is 38.3 Å². The molecular weight excluding hydrogens is 387 g/mol. The zero-order valence-corrected chi connectivity index (χ0v) is 15.3. The zero-order valence-electron chi connectivity index (χ0n) is 13.8. The van der Waals surface area contributed by atoms with E-state index in [0.29, 0.717) is 29.8 Å². The third-order valence-electron chi connectivity index (χ3n) is 4.25. The Morgan fingerprint density at radius 2 is 1.92 bits per heavy atom. The summed E-state index contributed by atoms with van der Waals surface area (Å²) in [6, 6.07) is 14.3. The molecule has 0 bridgehead atoms. The number of hydrogen-bond donors (Lipinski definition) is 1. The van der Waals surface area contributed by atoms with E-state index < -0.39 is 5.82 Å². The summed E-state index contributed by atoms with van der Waals surface area (Å²) < 4.78 is 19.5. The smallest absolute Gasteiger partial charge is 0.251 e. The minimum absolute atomic E-state index is 0.0612. The van der Waals surface area contributed by atoms with Crippen molar-refractivity contribution in [3.05, 3.63) is 69.9 Å². The molecule has 25 heavy (non-hydrogen) atoms. The van der Waals surface area contributed by atoms with Crippen LogP contribution in [-0.2, 0) is 4.74 Å². The van der Waals surface area contributed by atoms with Gasteiger partial charge in [0.05, 0.1) is 19.3 Å². The lowest BCUT2D eigenvalue weighted by molar-refractivity contribution is 0.0162. The molecule has 6 heteroatoms. The first-order chi connectivity index (χ1) is 12.1. The predicted molar refractivity (Wildman–Crippen MR) is 98.0 cm³/mol. The van der Waals surface area contributed by atoms with Gasteiger partial charge in [-0.25, -0.2) is 4.39 Å². The van der Waals surface area contributed by atoms with Crippen LogP contribution in [-0.4, -0.2) is 43.7 Å². The number of halogens is 2. The Morgan fingerprint density at radius 3 is 2.60 bits per heavy atom. The molecule has 4 nitrogen and oxygen atoms in total. The monoisotopic (exact) mass is 406 g/mol. The summed E-state index contributed by atoms with van der Waals surface area (Å²) in [7, 11) is 0. The molecule has 0 spiro atoms. The number of carbonyl (C=O) groups is 1. The van der Waals surface area contributed by atoms with Gasteiger partial charge in [-0.15, -0.1) is 0 Å². The van der Waals surface area contributed by atoms with Crippen LogP contribution in [0, 0.1) is 5.82 Å². The highest BCUT2D eigenvalue weighted by Crippen LogP contribution is 2.21. The van der Waals surface area contributed by atoms with E-state index in [1.54, 1.807) is 6.07 Å². The van der Waals surface area contributed by atoms with Gasteiger partial charge in [-0.2, -0.15) is 0 Å². The van der Waals surface area contributed by atoms with Crippen LogP contribution < -0.4 is 5.32 Å². The fraction of sp³-hybridized carbons (Fsp3) is 0.316. The Kier molecular flexibility index (Phi) is 6.18. The van der Waals surface area contributed by atoms with Gasteiger partial charge in [0.15, 0.2) is 0 Å². The lowest BCUT2D eigenvalue weighted by Gasteiger charge is -2.35. The van der Waals surface area contributed by atoms with Gasteiger partial charge in [-0.05, 0) is 23.8 Å². The zero-order chi connectivity index (χ0) is 17.6. The molecule has 1 unspecified atom stereocenters. The Morgan fingerprint density at radius 1 is 1.20 bits per heavy atom. The van der Waals surface area contributed by atoms with Gasteiger partial charge in [0.1, 0.15) is 5.82 Å². The summed E-state index contributed by atoms with van der Waals surface area (Å²) in [6.45, 7) is 3.47. The SMILES string of the molecule is O=C(NCC(c1ccccc1)N1CCOCC1)c1cc(F)cc(Br)c1. The second kappa shape index (κ2) is 8.56. The third kappa shape index (κ3) is 4.87. The van der Waals surface area contributed by atoms with Crippen LogP contribution in [0.4, 0.5) is 4.39 Å². The van der Waals surface area contributed by atoms with Crippen LogP contribution in [0.5, 0.6) is 0 Å². The number of amides is 1. The minimum Gasteiger partial charge on any atom is -0.379 e. The summed E-state index contributed by atoms with van der Waals surface area (Å²) in [6.07, 6.45) is 0. The van der Waals surface area contributed by atoms with Gasteiger partial charge in [0.2, 0.25) is 0 Å². The Bertz CT molecular complexity index is 700. The minimum atomic E-state index is -0.438. The average Bonchev–Trinajstić information content (AvgIpc) is 2.63. The van der Waals surface area contributed by atoms with Crippen molar-refractivity contribution in [3.8, 4) is 0 Å². The van der Waals surface area contributed by atoms with Crippen molar-refractivity contribution in [2.45, 2.75) is 6.04 Å². The number of ether oxygens (including phenoxy) is 1. The maximum atomic E-state index is 13.5. The molecule has 1 atom stereocenters. The van der Waals surface area contributed by atoms with E-state index in [4.69, 9.17) is 4.74 Å². The third-order valence-corrected chi connectivity index (χ3v) is 4.71. The largest absolute Gasteiger partial charge is 0.379 e. The molecule has 1 heterocycles.